The third-order valence-corrected chi connectivity index (χ3v) is 5.47. The fourth-order valence-corrected chi connectivity index (χ4v) is 4.08. The Morgan fingerprint density at radius 3 is 2.67 bits per heavy atom. The van der Waals surface area contributed by atoms with Crippen molar-refractivity contribution >= 4 is 23.4 Å². The van der Waals surface area contributed by atoms with Gasteiger partial charge in [-0.15, -0.1) is 11.8 Å². The van der Waals surface area contributed by atoms with Gasteiger partial charge in [0.1, 0.15) is 0 Å². The lowest BCUT2D eigenvalue weighted by Gasteiger charge is -2.14. The van der Waals surface area contributed by atoms with E-state index in [4.69, 9.17) is 11.6 Å². The first kappa shape index (κ1) is 12.8. The van der Waals surface area contributed by atoms with Crippen LogP contribution in [0.25, 0.3) is 0 Å². The van der Waals surface area contributed by atoms with Crippen LogP contribution < -0.4 is 5.32 Å². The van der Waals surface area contributed by atoms with Crippen LogP contribution in [0.5, 0.6) is 0 Å². The van der Waals surface area contributed by atoms with Crippen molar-refractivity contribution in [3.63, 3.8) is 0 Å². The Balaban J connectivity index is 1.69. The molecule has 2 aliphatic rings. The quantitative estimate of drug-likeness (QED) is 0.845. The highest BCUT2D eigenvalue weighted by Crippen LogP contribution is 2.37. The Morgan fingerprint density at radius 2 is 1.94 bits per heavy atom. The minimum atomic E-state index is 0.758. The van der Waals surface area contributed by atoms with Crippen molar-refractivity contribution in [2.75, 3.05) is 0 Å². The third-order valence-electron chi connectivity index (χ3n) is 3.78. The molecule has 3 rings (SSSR count). The average molecular weight is 282 g/mol. The van der Waals surface area contributed by atoms with Gasteiger partial charge in [0.05, 0.1) is 0 Å². The van der Waals surface area contributed by atoms with E-state index in [9.17, 15) is 0 Å². The molecule has 0 amide bonds. The average Bonchev–Trinajstić information content (AvgIpc) is 3.06. The first-order chi connectivity index (χ1) is 8.81. The largest absolute Gasteiger partial charge is 0.310 e. The van der Waals surface area contributed by atoms with E-state index in [-0.39, 0.29) is 0 Å². The molecule has 98 valence electrons. The predicted molar refractivity (Wildman–Crippen MR) is 79.4 cm³/mol. The first-order valence-corrected chi connectivity index (χ1v) is 8.25. The molecular formula is C15H20ClNS. The highest BCUT2D eigenvalue weighted by Gasteiger charge is 2.21. The van der Waals surface area contributed by atoms with Crippen molar-refractivity contribution in [2.24, 2.45) is 0 Å². The molecule has 0 spiro atoms. The number of rotatable bonds is 5. The summed E-state index contributed by atoms with van der Waals surface area (Å²) in [6.45, 7) is 0.972. The van der Waals surface area contributed by atoms with Gasteiger partial charge in [0, 0.05) is 27.8 Å². The molecule has 1 nitrogen and oxygen atoms in total. The van der Waals surface area contributed by atoms with Crippen molar-refractivity contribution in [3.05, 3.63) is 28.8 Å². The summed E-state index contributed by atoms with van der Waals surface area (Å²) in [5, 5.41) is 5.28. The molecule has 0 radical (unpaired) electrons. The molecule has 0 unspecified atom stereocenters. The second-order valence-electron chi connectivity index (χ2n) is 5.43. The van der Waals surface area contributed by atoms with Crippen molar-refractivity contribution < 1.29 is 0 Å². The van der Waals surface area contributed by atoms with Gasteiger partial charge >= 0.3 is 0 Å². The Labute approximate surface area is 119 Å². The number of hydrogen-bond acceptors (Lipinski definition) is 2. The van der Waals surface area contributed by atoms with Crippen LogP contribution in [0.2, 0.25) is 5.02 Å². The molecule has 1 N–H and O–H groups in total. The van der Waals surface area contributed by atoms with Gasteiger partial charge < -0.3 is 5.32 Å². The Bertz CT molecular complexity index is 411. The van der Waals surface area contributed by atoms with Crippen LogP contribution in [0.1, 0.15) is 44.1 Å². The van der Waals surface area contributed by atoms with Gasteiger partial charge in [-0.1, -0.05) is 24.4 Å². The molecule has 2 aliphatic carbocycles. The normalized spacial score (nSPS) is 20.5. The van der Waals surface area contributed by atoms with Crippen LogP contribution in [-0.4, -0.2) is 11.3 Å². The molecule has 3 heteroatoms. The summed E-state index contributed by atoms with van der Waals surface area (Å²) in [5.41, 5.74) is 1.38. The molecule has 1 aromatic rings. The summed E-state index contributed by atoms with van der Waals surface area (Å²) in [6.07, 6.45) is 8.24. The Morgan fingerprint density at radius 1 is 1.17 bits per heavy atom. The molecule has 0 aromatic heterocycles. The van der Waals surface area contributed by atoms with E-state index in [0.29, 0.717) is 0 Å². The van der Waals surface area contributed by atoms with E-state index in [0.717, 1.165) is 22.9 Å². The van der Waals surface area contributed by atoms with Crippen LogP contribution in [0.15, 0.2) is 23.1 Å². The number of hydrogen-bond donors (Lipinski definition) is 1. The molecule has 2 saturated carbocycles. The van der Waals surface area contributed by atoms with Crippen molar-refractivity contribution in [1.29, 1.82) is 0 Å². The maximum atomic E-state index is 6.13. The maximum Gasteiger partial charge on any atom is 0.0410 e. The predicted octanol–water partition coefficient (Wildman–Crippen LogP) is 4.63. The van der Waals surface area contributed by atoms with Crippen LogP contribution in [0.3, 0.4) is 0 Å². The molecule has 2 fully saturated rings. The number of halogens is 1. The minimum Gasteiger partial charge on any atom is -0.310 e. The lowest BCUT2D eigenvalue weighted by atomic mass is 10.2. The maximum absolute atomic E-state index is 6.13. The molecular weight excluding hydrogens is 262 g/mol. The molecule has 0 bridgehead atoms. The SMILES string of the molecule is Clc1ccc(SC2CCCC2)c(CNC2CC2)c1. The lowest BCUT2D eigenvalue weighted by Crippen LogP contribution is -2.16. The van der Waals surface area contributed by atoms with E-state index in [1.165, 1.54) is 49.0 Å². The summed E-state index contributed by atoms with van der Waals surface area (Å²) < 4.78 is 0. The van der Waals surface area contributed by atoms with Gasteiger partial charge in [-0.3, -0.25) is 0 Å². The van der Waals surface area contributed by atoms with Crippen LogP contribution in [0, 0.1) is 0 Å². The van der Waals surface area contributed by atoms with E-state index in [1.807, 2.05) is 6.07 Å². The molecule has 1 aromatic carbocycles. The number of nitrogens with one attached hydrogen (secondary N) is 1. The zero-order valence-electron chi connectivity index (χ0n) is 10.6. The second kappa shape index (κ2) is 5.85. The molecule has 18 heavy (non-hydrogen) atoms. The second-order valence-corrected chi connectivity index (χ2v) is 7.21. The highest BCUT2D eigenvalue weighted by molar-refractivity contribution is 8.00. The molecule has 0 aliphatic heterocycles. The summed E-state index contributed by atoms with van der Waals surface area (Å²) in [7, 11) is 0. The molecule has 0 saturated heterocycles. The van der Waals surface area contributed by atoms with Gasteiger partial charge in [0.15, 0.2) is 0 Å². The number of benzene rings is 1. The standard InChI is InChI=1S/C15H20ClNS/c16-12-5-8-15(18-14-3-1-2-4-14)11(9-12)10-17-13-6-7-13/h5,8-9,13-14,17H,1-4,6-7,10H2. The van der Waals surface area contributed by atoms with Gasteiger partial charge in [-0.2, -0.15) is 0 Å². The first-order valence-electron chi connectivity index (χ1n) is 7.00. The zero-order chi connectivity index (χ0) is 12.4. The highest BCUT2D eigenvalue weighted by atomic mass is 35.5. The van der Waals surface area contributed by atoms with Gasteiger partial charge in [-0.25, -0.2) is 0 Å². The zero-order valence-corrected chi connectivity index (χ0v) is 12.2. The fourth-order valence-electron chi connectivity index (χ4n) is 2.53. The van der Waals surface area contributed by atoms with E-state index < -0.39 is 0 Å². The fraction of sp³-hybridized carbons (Fsp3) is 0.600. The topological polar surface area (TPSA) is 12.0 Å². The number of thioether (sulfide) groups is 1. The van der Waals surface area contributed by atoms with Crippen LogP contribution in [0.4, 0.5) is 0 Å². The Kier molecular flexibility index (Phi) is 4.17. The monoisotopic (exact) mass is 281 g/mol. The van der Waals surface area contributed by atoms with Crippen molar-refractivity contribution in [1.82, 2.24) is 5.32 Å². The van der Waals surface area contributed by atoms with Gasteiger partial charge in [0.2, 0.25) is 0 Å². The molecule has 0 atom stereocenters. The minimum absolute atomic E-state index is 0.758. The summed E-state index contributed by atoms with van der Waals surface area (Å²) in [6, 6.07) is 7.12. The smallest absolute Gasteiger partial charge is 0.0410 e. The van der Waals surface area contributed by atoms with Crippen molar-refractivity contribution in [2.45, 2.75) is 61.3 Å². The van der Waals surface area contributed by atoms with Crippen molar-refractivity contribution in [3.8, 4) is 0 Å². The van der Waals surface area contributed by atoms with E-state index in [1.54, 1.807) is 0 Å². The van der Waals surface area contributed by atoms with Crippen LogP contribution >= 0.6 is 23.4 Å². The van der Waals surface area contributed by atoms with E-state index >= 15 is 0 Å². The van der Waals surface area contributed by atoms with E-state index in [2.05, 4.69) is 29.2 Å². The summed E-state index contributed by atoms with van der Waals surface area (Å²) >= 11 is 8.19. The summed E-state index contributed by atoms with van der Waals surface area (Å²) in [4.78, 5) is 1.43. The Hall–Kier alpha value is -0.180. The third kappa shape index (κ3) is 3.43. The summed E-state index contributed by atoms with van der Waals surface area (Å²) in [5.74, 6) is 0. The molecule has 0 heterocycles. The lowest BCUT2D eigenvalue weighted by molar-refractivity contribution is 0.680. The van der Waals surface area contributed by atoms with Crippen LogP contribution in [-0.2, 0) is 6.54 Å². The van der Waals surface area contributed by atoms with Gasteiger partial charge in [0.25, 0.3) is 0 Å². The van der Waals surface area contributed by atoms with Gasteiger partial charge in [-0.05, 0) is 49.4 Å².